The highest BCUT2D eigenvalue weighted by molar-refractivity contribution is 9.10. The number of fused-ring (bicyclic) bond motifs is 1. The Morgan fingerprint density at radius 1 is 1.15 bits per heavy atom. The molecule has 2 aromatic heterocycles. The van der Waals surface area contributed by atoms with Crippen molar-refractivity contribution in [3.05, 3.63) is 90.2 Å². The molecule has 0 saturated heterocycles. The summed E-state index contributed by atoms with van der Waals surface area (Å²) in [4.78, 5) is 28.3. The Labute approximate surface area is 197 Å². The fourth-order valence-electron chi connectivity index (χ4n) is 3.77. The van der Waals surface area contributed by atoms with Gasteiger partial charge in [-0.05, 0) is 51.1 Å². The van der Waals surface area contributed by atoms with Crippen molar-refractivity contribution >= 4 is 38.7 Å². The molecule has 9 nitrogen and oxygen atoms in total. The maximum absolute atomic E-state index is 13.0. The predicted octanol–water partition coefficient (Wildman–Crippen LogP) is 4.67. The van der Waals surface area contributed by atoms with Gasteiger partial charge in [-0.15, -0.1) is 0 Å². The molecule has 0 radical (unpaired) electrons. The molecule has 10 heteroatoms. The Kier molecular flexibility index (Phi) is 5.86. The number of hydrogen-bond acceptors (Lipinski definition) is 6. The van der Waals surface area contributed by atoms with Gasteiger partial charge in [-0.3, -0.25) is 14.9 Å². The van der Waals surface area contributed by atoms with Crippen LogP contribution < -0.4 is 10.3 Å². The first kappa shape index (κ1) is 22.4. The second-order valence-electron chi connectivity index (χ2n) is 7.46. The summed E-state index contributed by atoms with van der Waals surface area (Å²) >= 11 is 3.38. The number of halogens is 1. The number of rotatable bonds is 5. The Balaban J connectivity index is 1.82. The third kappa shape index (κ3) is 4.05. The molecule has 0 amide bonds. The van der Waals surface area contributed by atoms with E-state index in [9.17, 15) is 14.9 Å². The van der Waals surface area contributed by atoms with Crippen LogP contribution in [0.2, 0.25) is 0 Å². The number of methoxy groups -OCH3 is 1. The topological polar surface area (TPSA) is 105 Å². The first-order valence-electron chi connectivity index (χ1n) is 9.96. The minimum Gasteiger partial charge on any atom is -0.495 e. The van der Waals surface area contributed by atoms with E-state index in [4.69, 9.17) is 4.74 Å². The molecular weight excluding hydrogens is 490 g/mol. The van der Waals surface area contributed by atoms with Crippen molar-refractivity contribution in [3.63, 3.8) is 0 Å². The van der Waals surface area contributed by atoms with Crippen molar-refractivity contribution in [2.24, 2.45) is 5.10 Å². The first-order valence-corrected chi connectivity index (χ1v) is 10.8. The number of ether oxygens (including phenoxy) is 1. The highest BCUT2D eigenvalue weighted by Gasteiger charge is 2.17. The fourth-order valence-corrected chi connectivity index (χ4v) is 4.13. The number of nitrogens with zero attached hydrogens (tertiary/aromatic N) is 5. The van der Waals surface area contributed by atoms with Crippen LogP contribution in [-0.2, 0) is 0 Å². The first-order chi connectivity index (χ1) is 15.7. The monoisotopic (exact) mass is 509 g/mol. The number of nitro benzene ring substituents is 1. The molecule has 0 atom stereocenters. The third-order valence-electron chi connectivity index (χ3n) is 5.37. The highest BCUT2D eigenvalue weighted by atomic mass is 79.9. The third-order valence-corrected chi connectivity index (χ3v) is 5.86. The van der Waals surface area contributed by atoms with Crippen LogP contribution in [0.1, 0.15) is 22.8 Å². The minimum atomic E-state index is -0.445. The van der Waals surface area contributed by atoms with Gasteiger partial charge in [0.25, 0.3) is 11.2 Å². The smallest absolute Gasteiger partial charge is 0.282 e. The van der Waals surface area contributed by atoms with Crippen LogP contribution in [0.15, 0.2) is 56.8 Å². The number of non-ortho nitro benzene ring substituents is 1. The SMILES string of the molecule is COc1ccc([N+](=O)[O-])cc1-n1c(C)cc(C=Nn2c(C)nc3ccc(Br)cc3c2=O)c1C. The number of aromatic nitrogens is 3. The van der Waals surface area contributed by atoms with Crippen molar-refractivity contribution in [3.8, 4) is 11.4 Å². The minimum absolute atomic E-state index is 0.0379. The van der Waals surface area contributed by atoms with Crippen LogP contribution in [0.4, 0.5) is 5.69 Å². The van der Waals surface area contributed by atoms with Gasteiger partial charge in [0.05, 0.1) is 34.8 Å². The molecule has 0 unspecified atom stereocenters. The Morgan fingerprint density at radius 3 is 2.61 bits per heavy atom. The second kappa shape index (κ2) is 8.62. The van der Waals surface area contributed by atoms with Crippen molar-refractivity contribution in [1.29, 1.82) is 0 Å². The van der Waals surface area contributed by atoms with Crippen LogP contribution in [0.3, 0.4) is 0 Å². The van der Waals surface area contributed by atoms with Gasteiger partial charge in [0.2, 0.25) is 0 Å². The molecular formula is C23H20BrN5O4. The van der Waals surface area contributed by atoms with Gasteiger partial charge in [0, 0.05) is 33.6 Å². The van der Waals surface area contributed by atoms with Crippen LogP contribution in [0.25, 0.3) is 16.6 Å². The van der Waals surface area contributed by atoms with E-state index in [1.165, 1.54) is 23.9 Å². The summed E-state index contributed by atoms with van der Waals surface area (Å²) in [6.45, 7) is 5.48. The number of hydrogen-bond donors (Lipinski definition) is 0. The van der Waals surface area contributed by atoms with Gasteiger partial charge in [-0.25, -0.2) is 4.98 Å². The molecule has 0 aliphatic carbocycles. The molecule has 4 rings (SSSR count). The average molecular weight is 510 g/mol. The maximum atomic E-state index is 13.0. The maximum Gasteiger partial charge on any atom is 0.282 e. The zero-order chi connectivity index (χ0) is 23.9. The number of aryl methyl sites for hydroxylation is 2. The lowest BCUT2D eigenvalue weighted by molar-refractivity contribution is -0.384. The highest BCUT2D eigenvalue weighted by Crippen LogP contribution is 2.31. The van der Waals surface area contributed by atoms with Gasteiger partial charge in [-0.1, -0.05) is 15.9 Å². The lowest BCUT2D eigenvalue weighted by Crippen LogP contribution is -2.20. The second-order valence-corrected chi connectivity index (χ2v) is 8.37. The van der Waals surface area contributed by atoms with Crippen molar-refractivity contribution in [1.82, 2.24) is 14.2 Å². The van der Waals surface area contributed by atoms with Gasteiger partial charge >= 0.3 is 0 Å². The zero-order valence-electron chi connectivity index (χ0n) is 18.4. The molecule has 0 spiro atoms. The zero-order valence-corrected chi connectivity index (χ0v) is 20.0. The summed E-state index contributed by atoms with van der Waals surface area (Å²) in [7, 11) is 1.52. The molecule has 0 saturated carbocycles. The normalized spacial score (nSPS) is 11.4. The lowest BCUT2D eigenvalue weighted by atomic mass is 10.2. The number of benzene rings is 2. The molecule has 2 heterocycles. The van der Waals surface area contributed by atoms with E-state index in [1.54, 1.807) is 31.3 Å². The van der Waals surface area contributed by atoms with Gasteiger partial charge in [0.1, 0.15) is 11.6 Å². The molecule has 0 aliphatic rings. The van der Waals surface area contributed by atoms with Crippen molar-refractivity contribution in [2.75, 3.05) is 7.11 Å². The summed E-state index contributed by atoms with van der Waals surface area (Å²) in [5.41, 5.74) is 3.21. The molecule has 4 aromatic rings. The molecule has 0 fully saturated rings. The van der Waals surface area contributed by atoms with E-state index in [-0.39, 0.29) is 11.2 Å². The van der Waals surface area contributed by atoms with Gasteiger partial charge < -0.3 is 9.30 Å². The Bertz CT molecular complexity index is 1500. The average Bonchev–Trinajstić information content (AvgIpc) is 3.06. The van der Waals surface area contributed by atoms with Crippen molar-refractivity contribution < 1.29 is 9.66 Å². The molecule has 2 aromatic carbocycles. The van der Waals surface area contributed by atoms with E-state index in [0.717, 1.165) is 21.4 Å². The quantitative estimate of drug-likeness (QED) is 0.220. The van der Waals surface area contributed by atoms with Crippen molar-refractivity contribution in [2.45, 2.75) is 20.8 Å². The standard InChI is InChI=1S/C23H20BrN5O4/c1-13-9-16(14(2)27(13)21-11-18(29(31)32)6-8-22(21)33-4)12-25-28-15(3)26-20-7-5-17(24)10-19(20)23(28)30/h5-12H,1-4H3. The lowest BCUT2D eigenvalue weighted by Gasteiger charge is -2.13. The van der Waals surface area contributed by atoms with Crippen LogP contribution in [0, 0.1) is 30.9 Å². The van der Waals surface area contributed by atoms with E-state index in [1.807, 2.05) is 30.5 Å². The predicted molar refractivity (Wildman–Crippen MR) is 130 cm³/mol. The molecule has 0 aliphatic heterocycles. The summed E-state index contributed by atoms with van der Waals surface area (Å²) < 4.78 is 9.33. The van der Waals surface area contributed by atoms with Crippen LogP contribution in [-0.4, -0.2) is 32.5 Å². The van der Waals surface area contributed by atoms with Gasteiger partial charge in [0.15, 0.2) is 0 Å². The Morgan fingerprint density at radius 2 is 1.91 bits per heavy atom. The molecule has 0 N–H and O–H groups in total. The van der Waals surface area contributed by atoms with Crippen LogP contribution in [0.5, 0.6) is 5.75 Å². The fraction of sp³-hybridized carbons (Fsp3) is 0.174. The van der Waals surface area contributed by atoms with Gasteiger partial charge in [-0.2, -0.15) is 9.78 Å². The summed E-state index contributed by atoms with van der Waals surface area (Å²) in [5, 5.41) is 16.1. The van der Waals surface area contributed by atoms with E-state index in [2.05, 4.69) is 26.0 Å². The largest absolute Gasteiger partial charge is 0.495 e. The van der Waals surface area contributed by atoms with Crippen LogP contribution >= 0.6 is 15.9 Å². The summed E-state index contributed by atoms with van der Waals surface area (Å²) in [6, 6.07) is 11.7. The molecule has 168 valence electrons. The number of nitro groups is 1. The Hall–Kier alpha value is -3.79. The summed E-state index contributed by atoms with van der Waals surface area (Å²) in [6.07, 6.45) is 1.59. The van der Waals surface area contributed by atoms with E-state index in [0.29, 0.717) is 28.2 Å². The van der Waals surface area contributed by atoms with E-state index >= 15 is 0 Å². The van der Waals surface area contributed by atoms with E-state index < -0.39 is 4.92 Å². The molecule has 33 heavy (non-hydrogen) atoms. The summed E-state index contributed by atoms with van der Waals surface area (Å²) in [5.74, 6) is 0.961. The molecule has 0 bridgehead atoms.